The van der Waals surface area contributed by atoms with Gasteiger partial charge in [0.2, 0.25) is 0 Å². The van der Waals surface area contributed by atoms with Crippen molar-refractivity contribution < 1.29 is 9.47 Å². The Morgan fingerprint density at radius 2 is 2.05 bits per heavy atom. The Hall–Kier alpha value is -1.53. The third kappa shape index (κ3) is 3.22. The summed E-state index contributed by atoms with van der Waals surface area (Å²) in [5, 5.41) is 10.1. The SMILES string of the molecule is CCCNC(c1sccc1OC)c1c(OC)cnn1CC. The molecule has 0 fully saturated rings. The first kappa shape index (κ1) is 15.9. The number of hydrogen-bond donors (Lipinski definition) is 1. The third-order valence-corrected chi connectivity index (χ3v) is 4.34. The van der Waals surface area contributed by atoms with Crippen molar-refractivity contribution >= 4 is 11.3 Å². The first-order valence-corrected chi connectivity index (χ1v) is 8.09. The average Bonchev–Trinajstić information content (AvgIpc) is 3.14. The van der Waals surface area contributed by atoms with E-state index in [1.54, 1.807) is 31.8 Å². The summed E-state index contributed by atoms with van der Waals surface area (Å²) in [6.07, 6.45) is 2.84. The largest absolute Gasteiger partial charge is 0.496 e. The van der Waals surface area contributed by atoms with Gasteiger partial charge in [-0.25, -0.2) is 0 Å². The number of aryl methyl sites for hydroxylation is 1. The Kier molecular flexibility index (Phi) is 5.64. The number of nitrogens with zero attached hydrogens (tertiary/aromatic N) is 2. The lowest BCUT2D eigenvalue weighted by molar-refractivity contribution is 0.390. The van der Waals surface area contributed by atoms with Crippen LogP contribution in [0.3, 0.4) is 0 Å². The van der Waals surface area contributed by atoms with Crippen LogP contribution in [0, 0.1) is 0 Å². The topological polar surface area (TPSA) is 48.3 Å². The molecule has 0 aliphatic carbocycles. The van der Waals surface area contributed by atoms with E-state index in [4.69, 9.17) is 9.47 Å². The van der Waals surface area contributed by atoms with E-state index in [2.05, 4.69) is 24.3 Å². The first-order chi connectivity index (χ1) is 10.3. The van der Waals surface area contributed by atoms with Gasteiger partial charge in [0.1, 0.15) is 11.4 Å². The second-order valence-electron chi connectivity index (χ2n) is 4.65. The van der Waals surface area contributed by atoms with E-state index in [0.29, 0.717) is 0 Å². The molecule has 2 aromatic rings. The normalized spacial score (nSPS) is 12.4. The second kappa shape index (κ2) is 7.47. The standard InChI is InChI=1S/C15H23N3O2S/c1-5-8-16-13(15-11(19-3)7-9-21-15)14-12(20-4)10-17-18(14)6-2/h7,9-10,13,16H,5-6,8H2,1-4H3. The molecule has 0 bridgehead atoms. The molecule has 1 atom stereocenters. The van der Waals surface area contributed by atoms with Crippen LogP contribution >= 0.6 is 11.3 Å². The fraction of sp³-hybridized carbons (Fsp3) is 0.533. The zero-order chi connectivity index (χ0) is 15.2. The smallest absolute Gasteiger partial charge is 0.161 e. The van der Waals surface area contributed by atoms with Gasteiger partial charge in [-0.3, -0.25) is 4.68 Å². The van der Waals surface area contributed by atoms with Gasteiger partial charge < -0.3 is 14.8 Å². The molecule has 0 amide bonds. The van der Waals surface area contributed by atoms with Crippen LogP contribution in [0.15, 0.2) is 17.6 Å². The lowest BCUT2D eigenvalue weighted by atomic mass is 10.1. The fourth-order valence-electron chi connectivity index (χ4n) is 2.37. The van der Waals surface area contributed by atoms with Gasteiger partial charge in [-0.05, 0) is 31.3 Å². The zero-order valence-electron chi connectivity index (χ0n) is 13.0. The lowest BCUT2D eigenvalue weighted by Gasteiger charge is -2.21. The molecule has 0 aliphatic rings. The Morgan fingerprint density at radius 3 is 2.67 bits per heavy atom. The molecule has 0 aromatic carbocycles. The maximum absolute atomic E-state index is 5.50. The van der Waals surface area contributed by atoms with Crippen LogP contribution in [0.5, 0.6) is 11.5 Å². The Labute approximate surface area is 129 Å². The van der Waals surface area contributed by atoms with E-state index in [9.17, 15) is 0 Å². The highest BCUT2D eigenvalue weighted by molar-refractivity contribution is 7.10. The Bertz CT molecular complexity index is 544. The van der Waals surface area contributed by atoms with Crippen LogP contribution in [0.1, 0.15) is 36.9 Å². The average molecular weight is 309 g/mol. The Balaban J connectivity index is 2.47. The molecule has 6 heteroatoms. The number of methoxy groups -OCH3 is 2. The monoisotopic (exact) mass is 309 g/mol. The minimum atomic E-state index is 0.0253. The van der Waals surface area contributed by atoms with E-state index >= 15 is 0 Å². The van der Waals surface area contributed by atoms with Crippen molar-refractivity contribution in [2.24, 2.45) is 0 Å². The summed E-state index contributed by atoms with van der Waals surface area (Å²) in [6, 6.07) is 2.03. The van der Waals surface area contributed by atoms with Crippen molar-refractivity contribution in [3.63, 3.8) is 0 Å². The van der Waals surface area contributed by atoms with E-state index in [1.165, 1.54) is 0 Å². The highest BCUT2D eigenvalue weighted by Gasteiger charge is 2.26. The Morgan fingerprint density at radius 1 is 1.29 bits per heavy atom. The van der Waals surface area contributed by atoms with E-state index < -0.39 is 0 Å². The number of nitrogens with one attached hydrogen (secondary N) is 1. The fourth-order valence-corrected chi connectivity index (χ4v) is 3.31. The summed E-state index contributed by atoms with van der Waals surface area (Å²) in [5.41, 5.74) is 1.05. The minimum absolute atomic E-state index is 0.0253. The summed E-state index contributed by atoms with van der Waals surface area (Å²) in [4.78, 5) is 1.15. The molecule has 0 radical (unpaired) electrons. The van der Waals surface area contributed by atoms with Crippen LogP contribution in [0.4, 0.5) is 0 Å². The molecule has 0 spiro atoms. The van der Waals surface area contributed by atoms with Gasteiger partial charge in [0.25, 0.3) is 0 Å². The molecule has 2 aromatic heterocycles. The predicted molar refractivity (Wildman–Crippen MR) is 85.5 cm³/mol. The number of hydrogen-bond acceptors (Lipinski definition) is 5. The van der Waals surface area contributed by atoms with Gasteiger partial charge in [-0.15, -0.1) is 11.3 Å². The minimum Gasteiger partial charge on any atom is -0.496 e. The maximum atomic E-state index is 5.50. The highest BCUT2D eigenvalue weighted by atomic mass is 32.1. The molecule has 21 heavy (non-hydrogen) atoms. The quantitative estimate of drug-likeness (QED) is 0.814. The molecular formula is C15H23N3O2S. The zero-order valence-corrected chi connectivity index (χ0v) is 13.9. The van der Waals surface area contributed by atoms with Gasteiger partial charge in [0.15, 0.2) is 5.75 Å². The number of ether oxygens (including phenoxy) is 2. The molecule has 0 saturated heterocycles. The summed E-state index contributed by atoms with van der Waals surface area (Å²) >= 11 is 1.69. The van der Waals surface area contributed by atoms with Crippen LogP contribution in [-0.2, 0) is 6.54 Å². The second-order valence-corrected chi connectivity index (χ2v) is 5.60. The van der Waals surface area contributed by atoms with Crippen molar-refractivity contribution in [2.75, 3.05) is 20.8 Å². The molecule has 0 saturated carbocycles. The van der Waals surface area contributed by atoms with Gasteiger partial charge in [0, 0.05) is 6.54 Å². The van der Waals surface area contributed by atoms with Crippen molar-refractivity contribution in [3.8, 4) is 11.5 Å². The molecule has 0 aliphatic heterocycles. The van der Waals surface area contributed by atoms with Gasteiger partial charge in [0.05, 0.1) is 31.3 Å². The van der Waals surface area contributed by atoms with E-state index in [1.807, 2.05) is 16.1 Å². The highest BCUT2D eigenvalue weighted by Crippen LogP contribution is 2.38. The summed E-state index contributed by atoms with van der Waals surface area (Å²) in [7, 11) is 3.39. The van der Waals surface area contributed by atoms with Crippen molar-refractivity contribution in [3.05, 3.63) is 28.2 Å². The summed E-state index contributed by atoms with van der Waals surface area (Å²) < 4.78 is 13.0. The van der Waals surface area contributed by atoms with E-state index in [0.717, 1.165) is 41.6 Å². The maximum Gasteiger partial charge on any atom is 0.161 e. The summed E-state index contributed by atoms with van der Waals surface area (Å²) in [5.74, 6) is 1.71. The molecule has 1 unspecified atom stereocenters. The van der Waals surface area contributed by atoms with Crippen LogP contribution in [0.25, 0.3) is 0 Å². The van der Waals surface area contributed by atoms with Gasteiger partial charge >= 0.3 is 0 Å². The van der Waals surface area contributed by atoms with Crippen molar-refractivity contribution in [1.29, 1.82) is 0 Å². The van der Waals surface area contributed by atoms with Gasteiger partial charge in [-0.1, -0.05) is 6.92 Å². The molecule has 2 heterocycles. The number of rotatable bonds is 8. The molecule has 5 nitrogen and oxygen atoms in total. The van der Waals surface area contributed by atoms with Crippen LogP contribution in [-0.4, -0.2) is 30.5 Å². The predicted octanol–water partition coefficient (Wildman–Crippen LogP) is 3.07. The van der Waals surface area contributed by atoms with Crippen LogP contribution < -0.4 is 14.8 Å². The third-order valence-electron chi connectivity index (χ3n) is 3.38. The first-order valence-electron chi connectivity index (χ1n) is 7.21. The van der Waals surface area contributed by atoms with Crippen molar-refractivity contribution in [2.45, 2.75) is 32.9 Å². The molecule has 116 valence electrons. The molecule has 2 rings (SSSR count). The lowest BCUT2D eigenvalue weighted by Crippen LogP contribution is -2.26. The van der Waals surface area contributed by atoms with Crippen LogP contribution in [0.2, 0.25) is 0 Å². The number of aromatic nitrogens is 2. The van der Waals surface area contributed by atoms with Gasteiger partial charge in [-0.2, -0.15) is 5.10 Å². The summed E-state index contributed by atoms with van der Waals surface area (Å²) in [6.45, 7) is 5.96. The van der Waals surface area contributed by atoms with Crippen molar-refractivity contribution in [1.82, 2.24) is 15.1 Å². The number of thiophene rings is 1. The molecular weight excluding hydrogens is 286 g/mol. The molecule has 1 N–H and O–H groups in total. The van der Waals surface area contributed by atoms with E-state index in [-0.39, 0.29) is 6.04 Å².